The fourth-order valence-electron chi connectivity index (χ4n) is 4.40. The highest BCUT2D eigenvalue weighted by molar-refractivity contribution is 6.07. The first kappa shape index (κ1) is 19.0. The third-order valence-electron chi connectivity index (χ3n) is 5.50. The monoisotopic (exact) mass is 384 g/mol. The zero-order valence-corrected chi connectivity index (χ0v) is 17.2. The Kier molecular flexibility index (Phi) is 4.73. The molecule has 0 bridgehead atoms. The van der Waals surface area contributed by atoms with Crippen LogP contribution >= 0.6 is 0 Å². The summed E-state index contributed by atoms with van der Waals surface area (Å²) in [6.07, 6.45) is -0.0532. The number of rotatable bonds is 4. The lowest BCUT2D eigenvalue weighted by molar-refractivity contribution is -0.116. The van der Waals surface area contributed by atoms with E-state index in [4.69, 9.17) is 0 Å². The Hall–Kier alpha value is -3.36. The fourth-order valence-corrected chi connectivity index (χ4v) is 4.40. The predicted octanol–water partition coefficient (Wildman–Crippen LogP) is 4.47. The summed E-state index contributed by atoms with van der Waals surface area (Å²) in [7, 11) is 5.95. The third-order valence-corrected chi connectivity index (χ3v) is 5.50. The Morgan fingerprint density at radius 3 is 2.38 bits per heavy atom. The molecule has 0 fully saturated rings. The van der Waals surface area contributed by atoms with Gasteiger partial charge in [-0.2, -0.15) is 5.26 Å². The molecule has 4 rings (SSSR count). The van der Waals surface area contributed by atoms with Crippen LogP contribution in [0, 0.1) is 11.3 Å². The molecular weight excluding hydrogens is 360 g/mol. The number of carbonyl (C=O) groups is 1. The molecule has 0 N–H and O–H groups in total. The van der Waals surface area contributed by atoms with Gasteiger partial charge < -0.3 is 9.47 Å². The van der Waals surface area contributed by atoms with Crippen molar-refractivity contribution in [2.45, 2.75) is 19.5 Å². The number of hydrogen-bond donors (Lipinski definition) is 0. The quantitative estimate of drug-likeness (QED) is 0.666. The minimum atomic E-state index is -0.296. The normalized spacial score (nSPS) is 16.3. The van der Waals surface area contributed by atoms with Crippen LogP contribution in [0.25, 0.3) is 16.5 Å². The van der Waals surface area contributed by atoms with Gasteiger partial charge >= 0.3 is 0 Å². The molecule has 3 aromatic rings. The van der Waals surface area contributed by atoms with Gasteiger partial charge in [-0.3, -0.25) is 9.69 Å². The molecule has 29 heavy (non-hydrogen) atoms. The first-order valence-corrected chi connectivity index (χ1v) is 9.66. The second-order valence-electron chi connectivity index (χ2n) is 7.70. The minimum Gasteiger partial charge on any atom is -0.342 e. The highest BCUT2D eigenvalue weighted by Gasteiger charge is 2.39. The summed E-state index contributed by atoms with van der Waals surface area (Å²) >= 11 is 0. The van der Waals surface area contributed by atoms with Gasteiger partial charge in [0, 0.05) is 30.1 Å². The molecule has 1 atom stereocenters. The molecule has 0 radical (unpaired) electrons. The maximum atomic E-state index is 12.2. The van der Waals surface area contributed by atoms with Gasteiger partial charge in [0.25, 0.3) is 0 Å². The summed E-state index contributed by atoms with van der Waals surface area (Å²) in [6.45, 7) is 1.58. The molecule has 1 unspecified atom stereocenters. The molecule has 1 aromatic heterocycles. The van der Waals surface area contributed by atoms with E-state index in [9.17, 15) is 10.1 Å². The molecule has 2 heterocycles. The standard InChI is InChI=1S/C24H24N4O/c1-16(29)14-19-20(15-25)24(26(2)3)28(17-10-6-5-7-11-17)23-18-12-8-9-13-21(18)27(4)22(19)23/h5-13,24H,14H2,1-4H3. The van der Waals surface area contributed by atoms with Crippen LogP contribution in [0.5, 0.6) is 0 Å². The van der Waals surface area contributed by atoms with Gasteiger partial charge in [-0.25, -0.2) is 0 Å². The molecular formula is C24H24N4O. The van der Waals surface area contributed by atoms with E-state index in [2.05, 4.69) is 39.8 Å². The molecule has 0 spiro atoms. The van der Waals surface area contributed by atoms with Gasteiger partial charge in [0.05, 0.1) is 28.5 Å². The van der Waals surface area contributed by atoms with Crippen molar-refractivity contribution in [3.05, 3.63) is 65.9 Å². The molecule has 0 saturated carbocycles. The summed E-state index contributed by atoms with van der Waals surface area (Å²) < 4.78 is 2.11. The number of ketones is 1. The number of anilines is 2. The second-order valence-corrected chi connectivity index (χ2v) is 7.70. The van der Waals surface area contributed by atoms with Crippen molar-refractivity contribution in [1.82, 2.24) is 9.47 Å². The number of aryl methyl sites for hydroxylation is 1. The average Bonchev–Trinajstić information content (AvgIpc) is 3.01. The average molecular weight is 384 g/mol. The number of nitrogens with zero attached hydrogens (tertiary/aromatic N) is 4. The number of likely N-dealkylation sites (N-methyl/N-ethyl adjacent to an activating group) is 1. The SMILES string of the molecule is CC(=O)CC1=C(C#N)C(N(C)C)N(c2ccccc2)c2c1n(C)c1ccccc21. The van der Waals surface area contributed by atoms with Gasteiger partial charge in [-0.15, -0.1) is 0 Å². The van der Waals surface area contributed by atoms with E-state index in [1.165, 1.54) is 0 Å². The predicted molar refractivity (Wildman–Crippen MR) is 117 cm³/mol. The second kappa shape index (κ2) is 7.23. The molecule has 0 saturated heterocycles. The highest BCUT2D eigenvalue weighted by Crippen LogP contribution is 2.48. The summed E-state index contributed by atoms with van der Waals surface area (Å²) in [5.74, 6) is 0.0506. The number of aromatic nitrogens is 1. The maximum Gasteiger partial charge on any atom is 0.134 e. The number of hydrogen-bond acceptors (Lipinski definition) is 4. The largest absolute Gasteiger partial charge is 0.342 e. The van der Waals surface area contributed by atoms with E-state index in [-0.39, 0.29) is 18.4 Å². The van der Waals surface area contributed by atoms with Crippen LogP contribution in [0.2, 0.25) is 0 Å². The topological polar surface area (TPSA) is 52.3 Å². The smallest absolute Gasteiger partial charge is 0.134 e. The number of para-hydroxylation sites is 2. The first-order valence-electron chi connectivity index (χ1n) is 9.66. The summed E-state index contributed by atoms with van der Waals surface area (Å²) in [4.78, 5) is 16.4. The molecule has 2 aromatic carbocycles. The zero-order valence-electron chi connectivity index (χ0n) is 17.2. The minimum absolute atomic E-state index is 0.0506. The Balaban J connectivity index is 2.16. The summed E-state index contributed by atoms with van der Waals surface area (Å²) in [6, 6.07) is 20.8. The molecule has 0 aliphatic carbocycles. The van der Waals surface area contributed by atoms with Gasteiger partial charge in [0.15, 0.2) is 0 Å². The van der Waals surface area contributed by atoms with Gasteiger partial charge in [0.1, 0.15) is 11.9 Å². The number of nitriles is 1. The third kappa shape index (κ3) is 2.93. The molecule has 1 aliphatic heterocycles. The number of allylic oxidation sites excluding steroid dienone is 1. The van der Waals surface area contributed by atoms with Crippen molar-refractivity contribution in [2.24, 2.45) is 7.05 Å². The van der Waals surface area contributed by atoms with Crippen molar-refractivity contribution in [1.29, 1.82) is 5.26 Å². The molecule has 1 aliphatic rings. The molecule has 146 valence electrons. The number of Topliss-reactive ketones (excluding diaryl/α,β-unsaturated/α-hetero) is 1. The van der Waals surface area contributed by atoms with Crippen molar-refractivity contribution in [3.8, 4) is 6.07 Å². The summed E-state index contributed by atoms with van der Waals surface area (Å²) in [5.41, 5.74) is 5.52. The van der Waals surface area contributed by atoms with Crippen LogP contribution in [0.3, 0.4) is 0 Å². The van der Waals surface area contributed by atoms with Gasteiger partial charge in [-0.05, 0) is 39.2 Å². The van der Waals surface area contributed by atoms with Crippen LogP contribution in [-0.4, -0.2) is 35.5 Å². The van der Waals surface area contributed by atoms with Crippen molar-refractivity contribution in [2.75, 3.05) is 19.0 Å². The molecule has 5 heteroatoms. The fraction of sp³-hybridized carbons (Fsp3) is 0.250. The molecule has 5 nitrogen and oxygen atoms in total. The van der Waals surface area contributed by atoms with Crippen molar-refractivity contribution in [3.63, 3.8) is 0 Å². The first-order chi connectivity index (χ1) is 14.0. The van der Waals surface area contributed by atoms with Crippen molar-refractivity contribution >= 4 is 33.6 Å². The zero-order chi connectivity index (χ0) is 20.7. The van der Waals surface area contributed by atoms with Crippen LogP contribution in [0.4, 0.5) is 11.4 Å². The lowest BCUT2D eigenvalue weighted by Crippen LogP contribution is -2.46. The Bertz CT molecular complexity index is 1160. The van der Waals surface area contributed by atoms with E-state index < -0.39 is 0 Å². The lowest BCUT2D eigenvalue weighted by atomic mass is 9.91. The Morgan fingerprint density at radius 1 is 1.10 bits per heavy atom. The number of benzene rings is 2. The van der Waals surface area contributed by atoms with Crippen LogP contribution in [0.15, 0.2) is 60.2 Å². The van der Waals surface area contributed by atoms with Crippen molar-refractivity contribution < 1.29 is 4.79 Å². The summed E-state index contributed by atoms with van der Waals surface area (Å²) in [5, 5.41) is 11.3. The number of carbonyl (C=O) groups excluding carboxylic acids is 1. The van der Waals surface area contributed by atoms with Crippen LogP contribution in [0.1, 0.15) is 19.0 Å². The van der Waals surface area contributed by atoms with Crippen LogP contribution in [-0.2, 0) is 11.8 Å². The van der Waals surface area contributed by atoms with E-state index in [1.807, 2.05) is 56.4 Å². The van der Waals surface area contributed by atoms with E-state index in [1.54, 1.807) is 6.92 Å². The Labute approximate surface area is 171 Å². The Morgan fingerprint density at radius 2 is 1.76 bits per heavy atom. The number of fused-ring (bicyclic) bond motifs is 3. The van der Waals surface area contributed by atoms with Gasteiger partial charge in [0.2, 0.25) is 0 Å². The van der Waals surface area contributed by atoms with E-state index in [0.29, 0.717) is 5.57 Å². The van der Waals surface area contributed by atoms with E-state index in [0.717, 1.165) is 33.5 Å². The highest BCUT2D eigenvalue weighted by atomic mass is 16.1. The maximum absolute atomic E-state index is 12.2. The van der Waals surface area contributed by atoms with Crippen LogP contribution < -0.4 is 4.90 Å². The van der Waals surface area contributed by atoms with E-state index >= 15 is 0 Å². The van der Waals surface area contributed by atoms with Gasteiger partial charge in [-0.1, -0.05) is 36.4 Å². The lowest BCUT2D eigenvalue weighted by Gasteiger charge is -2.42. The molecule has 0 amide bonds.